The minimum Gasteiger partial charge on any atom is -0.495 e. The first-order chi connectivity index (χ1) is 10.9. The van der Waals surface area contributed by atoms with E-state index in [1.54, 1.807) is 6.07 Å². The highest BCUT2D eigenvalue weighted by molar-refractivity contribution is 6.32. The van der Waals surface area contributed by atoms with Crippen LogP contribution < -0.4 is 9.47 Å². The van der Waals surface area contributed by atoms with Gasteiger partial charge in [-0.05, 0) is 30.3 Å². The van der Waals surface area contributed by atoms with Crippen LogP contribution in [0.4, 0.5) is 5.69 Å². The Kier molecular flexibility index (Phi) is 5.41. The summed E-state index contributed by atoms with van der Waals surface area (Å²) in [4.78, 5) is 22.4. The van der Waals surface area contributed by atoms with E-state index in [0.717, 1.165) is 6.07 Å². The average molecular weight is 356 g/mol. The molecule has 0 atom stereocenters. The molecule has 23 heavy (non-hydrogen) atoms. The van der Waals surface area contributed by atoms with E-state index in [2.05, 4.69) is 0 Å². The third-order valence-electron chi connectivity index (χ3n) is 2.95. The number of hydrogen-bond acceptors (Lipinski definition) is 5. The lowest BCUT2D eigenvalue weighted by atomic mass is 10.1. The van der Waals surface area contributed by atoms with Gasteiger partial charge in [0.2, 0.25) is 0 Å². The molecule has 0 amide bonds. The van der Waals surface area contributed by atoms with E-state index in [0.29, 0.717) is 11.3 Å². The first-order valence-corrected chi connectivity index (χ1v) is 7.11. The van der Waals surface area contributed by atoms with Crippen molar-refractivity contribution in [2.75, 3.05) is 13.7 Å². The fourth-order valence-electron chi connectivity index (χ4n) is 1.82. The predicted molar refractivity (Wildman–Crippen MR) is 85.9 cm³/mol. The molecule has 2 rings (SSSR count). The van der Waals surface area contributed by atoms with Crippen LogP contribution >= 0.6 is 23.2 Å². The van der Waals surface area contributed by atoms with E-state index < -0.39 is 4.92 Å². The Bertz CT molecular complexity index is 764. The van der Waals surface area contributed by atoms with Crippen LogP contribution in [0.25, 0.3) is 0 Å². The quantitative estimate of drug-likeness (QED) is 0.441. The largest absolute Gasteiger partial charge is 0.495 e. The molecule has 0 fully saturated rings. The number of rotatable bonds is 6. The highest BCUT2D eigenvalue weighted by Crippen LogP contribution is 2.30. The van der Waals surface area contributed by atoms with E-state index in [1.807, 2.05) is 0 Å². The molecular weight excluding hydrogens is 345 g/mol. The van der Waals surface area contributed by atoms with Crippen molar-refractivity contribution < 1.29 is 19.2 Å². The van der Waals surface area contributed by atoms with Gasteiger partial charge in [-0.3, -0.25) is 14.9 Å². The van der Waals surface area contributed by atoms with Crippen molar-refractivity contribution in [2.24, 2.45) is 0 Å². The van der Waals surface area contributed by atoms with E-state index in [4.69, 9.17) is 32.7 Å². The second-order valence-electron chi connectivity index (χ2n) is 4.43. The molecule has 0 heterocycles. The molecule has 0 radical (unpaired) electrons. The van der Waals surface area contributed by atoms with Gasteiger partial charge in [-0.15, -0.1) is 0 Å². The number of methoxy groups -OCH3 is 1. The zero-order valence-electron chi connectivity index (χ0n) is 11.9. The third kappa shape index (κ3) is 4.12. The lowest BCUT2D eigenvalue weighted by Crippen LogP contribution is -2.12. The maximum atomic E-state index is 12.1. The predicted octanol–water partition coefficient (Wildman–Crippen LogP) is 4.17. The van der Waals surface area contributed by atoms with Crippen molar-refractivity contribution in [3.05, 3.63) is 62.1 Å². The van der Waals surface area contributed by atoms with Crippen LogP contribution in [0, 0.1) is 10.1 Å². The average Bonchev–Trinajstić information content (AvgIpc) is 2.53. The van der Waals surface area contributed by atoms with Gasteiger partial charge in [0.1, 0.15) is 5.75 Å². The molecule has 2 aromatic carbocycles. The molecule has 8 heteroatoms. The number of nitrogens with zero attached hydrogens (tertiary/aromatic N) is 1. The molecular formula is C15H11Cl2NO5. The first-order valence-electron chi connectivity index (χ1n) is 6.36. The van der Waals surface area contributed by atoms with Gasteiger partial charge in [0, 0.05) is 16.7 Å². The molecule has 0 unspecified atom stereocenters. The molecule has 0 N–H and O–H groups in total. The first kappa shape index (κ1) is 17.1. The van der Waals surface area contributed by atoms with E-state index >= 15 is 0 Å². The summed E-state index contributed by atoms with van der Waals surface area (Å²) < 4.78 is 10.2. The fourth-order valence-corrected chi connectivity index (χ4v) is 2.25. The van der Waals surface area contributed by atoms with Gasteiger partial charge in [0.15, 0.2) is 18.1 Å². The summed E-state index contributed by atoms with van der Waals surface area (Å²) in [5.41, 5.74) is 0.00507. The number of Topliss-reactive ketones (excluding diaryl/α,β-unsaturated/α-hetero) is 1. The summed E-state index contributed by atoms with van der Waals surface area (Å²) in [7, 11) is 1.46. The van der Waals surface area contributed by atoms with Gasteiger partial charge in [-0.1, -0.05) is 23.2 Å². The Balaban J connectivity index is 2.13. The Morgan fingerprint density at radius 3 is 2.48 bits per heavy atom. The number of nitro groups is 1. The molecule has 120 valence electrons. The lowest BCUT2D eigenvalue weighted by Gasteiger charge is -2.08. The van der Waals surface area contributed by atoms with Crippen LogP contribution in [0.2, 0.25) is 10.0 Å². The molecule has 0 aliphatic carbocycles. The third-order valence-corrected chi connectivity index (χ3v) is 3.48. The summed E-state index contributed by atoms with van der Waals surface area (Å²) in [5.74, 6) is 0.0311. The summed E-state index contributed by atoms with van der Waals surface area (Å²) in [6.45, 7) is -0.370. The monoisotopic (exact) mass is 355 g/mol. The van der Waals surface area contributed by atoms with Gasteiger partial charge >= 0.3 is 5.69 Å². The van der Waals surface area contributed by atoms with Crippen LogP contribution in [0.3, 0.4) is 0 Å². The molecule has 0 saturated heterocycles. The van der Waals surface area contributed by atoms with Crippen molar-refractivity contribution in [3.8, 4) is 11.5 Å². The van der Waals surface area contributed by atoms with Crippen molar-refractivity contribution in [1.29, 1.82) is 0 Å². The number of ketones is 1. The smallest absolute Gasteiger partial charge is 0.312 e. The normalized spacial score (nSPS) is 10.2. The molecule has 0 bridgehead atoms. The minimum atomic E-state index is -0.629. The molecule has 0 aliphatic heterocycles. The van der Waals surface area contributed by atoms with Crippen LogP contribution in [0.5, 0.6) is 11.5 Å². The molecule has 0 spiro atoms. The fraction of sp³-hybridized carbons (Fsp3) is 0.133. The lowest BCUT2D eigenvalue weighted by molar-refractivity contribution is -0.385. The number of ether oxygens (including phenoxy) is 2. The van der Waals surface area contributed by atoms with Crippen molar-refractivity contribution in [2.45, 2.75) is 0 Å². The van der Waals surface area contributed by atoms with Crippen LogP contribution in [0.1, 0.15) is 10.4 Å². The van der Waals surface area contributed by atoms with Crippen LogP contribution in [-0.4, -0.2) is 24.4 Å². The maximum Gasteiger partial charge on any atom is 0.312 e. The van der Waals surface area contributed by atoms with Gasteiger partial charge in [0.25, 0.3) is 0 Å². The summed E-state index contributed by atoms with van der Waals surface area (Å²) in [5, 5.41) is 11.4. The van der Waals surface area contributed by atoms with Crippen molar-refractivity contribution in [1.82, 2.24) is 0 Å². The number of halogens is 2. The highest BCUT2D eigenvalue weighted by atomic mass is 35.5. The van der Waals surface area contributed by atoms with Crippen molar-refractivity contribution >= 4 is 34.7 Å². The summed E-state index contributed by atoms with van der Waals surface area (Å²) >= 11 is 11.7. The van der Waals surface area contributed by atoms with E-state index in [9.17, 15) is 14.9 Å². The number of nitro benzene ring substituents is 1. The topological polar surface area (TPSA) is 78.7 Å². The van der Waals surface area contributed by atoms with E-state index in [-0.39, 0.29) is 33.9 Å². The Labute approximate surface area is 141 Å². The molecule has 0 aliphatic rings. The standard InChI is InChI=1S/C15H11Cl2NO5/c1-22-14-4-2-9(6-11(14)17)13(19)8-23-15-5-3-10(16)7-12(15)18(20)21/h2-7H,8H2,1H3. The second kappa shape index (κ2) is 7.30. The molecule has 0 aromatic heterocycles. The summed E-state index contributed by atoms with van der Waals surface area (Å²) in [6, 6.07) is 8.48. The maximum absolute atomic E-state index is 12.1. The van der Waals surface area contributed by atoms with Crippen LogP contribution in [0.15, 0.2) is 36.4 Å². The Morgan fingerprint density at radius 1 is 1.17 bits per heavy atom. The highest BCUT2D eigenvalue weighted by Gasteiger charge is 2.17. The van der Waals surface area contributed by atoms with Gasteiger partial charge in [0.05, 0.1) is 17.1 Å². The molecule has 2 aromatic rings. The summed E-state index contributed by atoms with van der Waals surface area (Å²) in [6.07, 6.45) is 0. The number of hydrogen-bond donors (Lipinski definition) is 0. The van der Waals surface area contributed by atoms with Gasteiger partial charge < -0.3 is 9.47 Å². The SMILES string of the molecule is COc1ccc(C(=O)COc2ccc(Cl)cc2[N+](=O)[O-])cc1Cl. The Hall–Kier alpha value is -2.31. The minimum absolute atomic E-state index is 0.0349. The van der Waals surface area contributed by atoms with Gasteiger partial charge in [-0.25, -0.2) is 0 Å². The van der Waals surface area contributed by atoms with E-state index in [1.165, 1.54) is 31.4 Å². The number of carbonyl (C=O) groups excluding carboxylic acids is 1. The van der Waals surface area contributed by atoms with Gasteiger partial charge in [-0.2, -0.15) is 0 Å². The number of carbonyl (C=O) groups is 1. The number of benzene rings is 2. The molecule has 6 nitrogen and oxygen atoms in total. The molecule has 0 saturated carbocycles. The zero-order chi connectivity index (χ0) is 17.0. The van der Waals surface area contributed by atoms with Crippen LogP contribution in [-0.2, 0) is 0 Å². The second-order valence-corrected chi connectivity index (χ2v) is 5.27. The Morgan fingerprint density at radius 2 is 1.87 bits per heavy atom. The zero-order valence-corrected chi connectivity index (χ0v) is 13.4. The van der Waals surface area contributed by atoms with Crippen molar-refractivity contribution in [3.63, 3.8) is 0 Å².